The fourth-order valence-corrected chi connectivity index (χ4v) is 4.24. The van der Waals surface area contributed by atoms with Crippen LogP contribution in [0.1, 0.15) is 6.92 Å². The van der Waals surface area contributed by atoms with E-state index in [1.807, 2.05) is 6.92 Å². The van der Waals surface area contributed by atoms with Gasteiger partial charge in [0.1, 0.15) is 11.5 Å². The molecule has 1 aliphatic heterocycles. The Morgan fingerprint density at radius 2 is 1.86 bits per heavy atom. The lowest BCUT2D eigenvalue weighted by Crippen LogP contribution is -2.16. The van der Waals surface area contributed by atoms with Crippen molar-refractivity contribution in [1.82, 2.24) is 0 Å². The molecule has 1 heterocycles. The molecule has 0 spiro atoms. The van der Waals surface area contributed by atoms with Crippen molar-refractivity contribution in [2.24, 2.45) is 0 Å². The Morgan fingerprint density at radius 3 is 2.48 bits per heavy atom. The van der Waals surface area contributed by atoms with E-state index < -0.39 is 0 Å². The summed E-state index contributed by atoms with van der Waals surface area (Å²) in [5.41, 5.74) is 0.542. The molecule has 0 bridgehead atoms. The van der Waals surface area contributed by atoms with Gasteiger partial charge < -0.3 is 14.8 Å². The molecule has 4 nitrogen and oxygen atoms in total. The van der Waals surface area contributed by atoms with E-state index in [9.17, 15) is 4.79 Å². The summed E-state index contributed by atoms with van der Waals surface area (Å²) >= 11 is 9.33. The average Bonchev–Trinajstić information content (AvgIpc) is 2.48. The van der Waals surface area contributed by atoms with Gasteiger partial charge in [0.15, 0.2) is 0 Å². The number of methoxy groups -OCH3 is 2. The molecule has 1 aromatic rings. The fraction of sp³-hybridized carbons (Fsp3) is 0.357. The lowest BCUT2D eigenvalue weighted by atomic mass is 10.2. The number of thioether (sulfide) groups is 2. The van der Waals surface area contributed by atoms with Crippen LogP contribution in [-0.4, -0.2) is 31.6 Å². The number of carbonyl (C=O) groups is 1. The van der Waals surface area contributed by atoms with Crippen molar-refractivity contribution in [2.45, 2.75) is 6.92 Å². The number of carbonyl (C=O) groups excluding carboxylic acids is 1. The molecular weight excluding hydrogens is 330 g/mol. The van der Waals surface area contributed by atoms with Gasteiger partial charge in [0.05, 0.1) is 29.8 Å². The predicted molar refractivity (Wildman–Crippen MR) is 90.8 cm³/mol. The topological polar surface area (TPSA) is 47.6 Å². The number of hydrogen-bond donors (Lipinski definition) is 1. The van der Waals surface area contributed by atoms with E-state index in [4.69, 9.17) is 21.1 Å². The van der Waals surface area contributed by atoms with E-state index in [0.29, 0.717) is 22.2 Å². The molecule has 0 unspecified atom stereocenters. The normalized spacial score (nSPS) is 14.9. The van der Waals surface area contributed by atoms with Crippen molar-refractivity contribution < 1.29 is 14.3 Å². The largest absolute Gasteiger partial charge is 0.495 e. The summed E-state index contributed by atoms with van der Waals surface area (Å²) < 4.78 is 10.4. The lowest BCUT2D eigenvalue weighted by Gasteiger charge is -2.18. The molecule has 0 aromatic heterocycles. The highest BCUT2D eigenvalue weighted by molar-refractivity contribution is 8.10. The second kappa shape index (κ2) is 7.33. The second-order valence-corrected chi connectivity index (χ2v) is 7.05. The van der Waals surface area contributed by atoms with Gasteiger partial charge in [-0.25, -0.2) is 0 Å². The molecular formula is C14H16ClNO3S2. The smallest absolute Gasteiger partial charge is 0.262 e. The van der Waals surface area contributed by atoms with E-state index in [1.165, 1.54) is 14.2 Å². The molecule has 2 rings (SSSR count). The fourth-order valence-electron chi connectivity index (χ4n) is 1.87. The summed E-state index contributed by atoms with van der Waals surface area (Å²) in [4.78, 5) is 14.2. The Morgan fingerprint density at radius 1 is 1.19 bits per heavy atom. The van der Waals surface area contributed by atoms with Crippen molar-refractivity contribution in [2.75, 3.05) is 31.0 Å². The highest BCUT2D eigenvalue weighted by Crippen LogP contribution is 2.38. The first-order chi connectivity index (χ1) is 10.1. The molecule has 0 fully saturated rings. The SMILES string of the molecule is COc1cc(NC(=O)C2=C(C)SCCS2)c(OC)cc1Cl. The van der Waals surface area contributed by atoms with Gasteiger partial charge in [-0.1, -0.05) is 11.6 Å². The number of benzene rings is 1. The maximum Gasteiger partial charge on any atom is 0.262 e. The van der Waals surface area contributed by atoms with Crippen LogP contribution in [0.2, 0.25) is 5.02 Å². The van der Waals surface area contributed by atoms with E-state index in [2.05, 4.69) is 5.32 Å². The van der Waals surface area contributed by atoms with Gasteiger partial charge in [-0.3, -0.25) is 4.79 Å². The Labute approximate surface area is 137 Å². The van der Waals surface area contributed by atoms with E-state index in [-0.39, 0.29) is 5.91 Å². The number of allylic oxidation sites excluding steroid dienone is 1. The first kappa shape index (κ1) is 16.4. The van der Waals surface area contributed by atoms with Crippen LogP contribution >= 0.6 is 35.1 Å². The molecule has 1 amide bonds. The summed E-state index contributed by atoms with van der Waals surface area (Å²) in [6.07, 6.45) is 0. The number of halogens is 1. The minimum atomic E-state index is -0.132. The second-order valence-electron chi connectivity index (χ2n) is 4.22. The Bertz CT molecular complexity index is 590. The molecule has 0 saturated carbocycles. The third-order valence-corrected chi connectivity index (χ3v) is 5.81. The van der Waals surface area contributed by atoms with Crippen molar-refractivity contribution in [1.29, 1.82) is 0 Å². The van der Waals surface area contributed by atoms with Crippen LogP contribution in [0.25, 0.3) is 0 Å². The number of anilines is 1. The zero-order valence-electron chi connectivity index (χ0n) is 12.0. The Hall–Kier alpha value is -0.980. The van der Waals surface area contributed by atoms with E-state index in [1.54, 1.807) is 35.7 Å². The number of amides is 1. The monoisotopic (exact) mass is 345 g/mol. The zero-order valence-corrected chi connectivity index (χ0v) is 14.4. The molecule has 0 radical (unpaired) electrons. The van der Waals surface area contributed by atoms with Crippen LogP contribution in [0.15, 0.2) is 21.9 Å². The maximum absolute atomic E-state index is 12.4. The van der Waals surface area contributed by atoms with E-state index in [0.717, 1.165) is 21.3 Å². The zero-order chi connectivity index (χ0) is 15.4. The number of nitrogens with one attached hydrogen (secondary N) is 1. The molecule has 1 aliphatic rings. The third-order valence-electron chi connectivity index (χ3n) is 2.90. The first-order valence-corrected chi connectivity index (χ1v) is 8.61. The van der Waals surface area contributed by atoms with Crippen molar-refractivity contribution in [3.05, 3.63) is 27.0 Å². The van der Waals surface area contributed by atoms with Crippen molar-refractivity contribution in [3.63, 3.8) is 0 Å². The highest BCUT2D eigenvalue weighted by Gasteiger charge is 2.20. The number of hydrogen-bond acceptors (Lipinski definition) is 5. The van der Waals surface area contributed by atoms with Gasteiger partial charge in [-0.15, -0.1) is 23.5 Å². The Kier molecular flexibility index (Phi) is 5.72. The summed E-state index contributed by atoms with van der Waals surface area (Å²) in [7, 11) is 3.06. The number of rotatable bonds is 4. The van der Waals surface area contributed by atoms with Gasteiger partial charge in [-0.2, -0.15) is 0 Å². The van der Waals surface area contributed by atoms with Crippen LogP contribution in [0, 0.1) is 0 Å². The highest BCUT2D eigenvalue weighted by atomic mass is 35.5. The number of ether oxygens (including phenoxy) is 2. The first-order valence-electron chi connectivity index (χ1n) is 6.26. The minimum absolute atomic E-state index is 0.132. The summed E-state index contributed by atoms with van der Waals surface area (Å²) in [6, 6.07) is 3.29. The Balaban J connectivity index is 2.28. The van der Waals surface area contributed by atoms with Gasteiger partial charge in [0.25, 0.3) is 5.91 Å². The molecule has 1 aromatic carbocycles. The molecule has 0 saturated heterocycles. The van der Waals surface area contributed by atoms with Gasteiger partial charge in [-0.05, 0) is 6.92 Å². The van der Waals surface area contributed by atoms with Crippen LogP contribution in [0.5, 0.6) is 11.5 Å². The summed E-state index contributed by atoms with van der Waals surface area (Å²) in [5, 5.41) is 3.30. The average molecular weight is 346 g/mol. The van der Waals surface area contributed by atoms with Crippen LogP contribution in [0.4, 0.5) is 5.69 Å². The minimum Gasteiger partial charge on any atom is -0.495 e. The van der Waals surface area contributed by atoms with Crippen LogP contribution in [0.3, 0.4) is 0 Å². The molecule has 7 heteroatoms. The van der Waals surface area contributed by atoms with E-state index >= 15 is 0 Å². The van der Waals surface area contributed by atoms with Gasteiger partial charge >= 0.3 is 0 Å². The molecule has 114 valence electrons. The van der Waals surface area contributed by atoms with Crippen LogP contribution in [-0.2, 0) is 4.79 Å². The molecule has 21 heavy (non-hydrogen) atoms. The molecule has 1 N–H and O–H groups in total. The van der Waals surface area contributed by atoms with Crippen LogP contribution < -0.4 is 14.8 Å². The quantitative estimate of drug-likeness (QED) is 0.893. The molecule has 0 atom stereocenters. The van der Waals surface area contributed by atoms with Crippen molar-refractivity contribution >= 4 is 46.7 Å². The van der Waals surface area contributed by atoms with Gasteiger partial charge in [0, 0.05) is 28.5 Å². The van der Waals surface area contributed by atoms with Crippen molar-refractivity contribution in [3.8, 4) is 11.5 Å². The maximum atomic E-state index is 12.4. The third kappa shape index (κ3) is 3.81. The predicted octanol–water partition coefficient (Wildman–Crippen LogP) is 4.01. The molecule has 0 aliphatic carbocycles. The lowest BCUT2D eigenvalue weighted by molar-refractivity contribution is -0.112. The summed E-state index contributed by atoms with van der Waals surface area (Å²) in [5.74, 6) is 2.83. The van der Waals surface area contributed by atoms with Gasteiger partial charge in [0.2, 0.25) is 0 Å². The summed E-state index contributed by atoms with van der Waals surface area (Å²) in [6.45, 7) is 1.96. The standard InChI is InChI=1S/C14H16ClNO3S2/c1-8-13(21-5-4-20-8)14(17)16-10-7-11(18-2)9(15)6-12(10)19-3/h6-7H,4-5H2,1-3H3,(H,16,17).